The van der Waals surface area contributed by atoms with E-state index >= 15 is 0 Å². The Hall–Kier alpha value is -1.92. The van der Waals surface area contributed by atoms with Crippen LogP contribution in [0.5, 0.6) is 0 Å². The van der Waals surface area contributed by atoms with Crippen LogP contribution in [0, 0.1) is 5.92 Å². The van der Waals surface area contributed by atoms with E-state index in [1.165, 1.54) is 11.1 Å². The first kappa shape index (κ1) is 29.6. The molecule has 2 aromatic carbocycles. The molecule has 0 heterocycles. The molecule has 5 nitrogen and oxygen atoms in total. The molecule has 0 aromatic heterocycles. The number of aliphatic hydroxyl groups excluding tert-OH is 1. The number of carbonyl (C=O) groups is 1. The molecule has 0 spiro atoms. The molecule has 2 atom stereocenters. The maximum atomic E-state index is 11.9. The zero-order valence-electron chi connectivity index (χ0n) is 22.9. The lowest BCUT2D eigenvalue weighted by Crippen LogP contribution is -2.45. The first-order valence-electron chi connectivity index (χ1n) is 13.8. The van der Waals surface area contributed by atoms with E-state index in [0.29, 0.717) is 36.9 Å². The molecular weight excluding hydrogens is 486 g/mol. The molecule has 37 heavy (non-hydrogen) atoms. The standard InChI is InChI=1S/C31H44ClNO4/c1-5-9-29(28-18-26(32)14-12-23(28)13-15-30(35)36-6-2)37-21-27(34)20-33-31(3,4)19-22-16-24-10-7-8-11-25(24)17-22/h7-8,10-12,14,18,22,27,29,33-34H,5-6,9,13,15-17,19-21H2,1-4H3/t27-,29-/m1/s1. The fraction of sp³-hybridized carbons (Fsp3) is 0.581. The number of carbonyl (C=O) groups excluding carboxylic acids is 1. The molecule has 1 aliphatic carbocycles. The molecule has 2 aromatic rings. The van der Waals surface area contributed by atoms with E-state index in [0.717, 1.165) is 43.2 Å². The second-order valence-electron chi connectivity index (χ2n) is 10.9. The van der Waals surface area contributed by atoms with Crippen LogP contribution in [0.15, 0.2) is 42.5 Å². The predicted octanol–water partition coefficient (Wildman–Crippen LogP) is 6.23. The molecular formula is C31H44ClNO4. The second-order valence-corrected chi connectivity index (χ2v) is 11.4. The number of rotatable bonds is 15. The quantitative estimate of drug-likeness (QED) is 0.268. The predicted molar refractivity (Wildman–Crippen MR) is 150 cm³/mol. The van der Waals surface area contributed by atoms with Gasteiger partial charge in [-0.3, -0.25) is 4.79 Å². The van der Waals surface area contributed by atoms with Crippen molar-refractivity contribution in [3.05, 3.63) is 69.7 Å². The smallest absolute Gasteiger partial charge is 0.306 e. The summed E-state index contributed by atoms with van der Waals surface area (Å²) >= 11 is 6.33. The first-order chi connectivity index (χ1) is 17.7. The maximum Gasteiger partial charge on any atom is 0.306 e. The van der Waals surface area contributed by atoms with Gasteiger partial charge in [-0.1, -0.05) is 55.3 Å². The molecule has 0 fully saturated rings. The number of hydrogen-bond donors (Lipinski definition) is 2. The summed E-state index contributed by atoms with van der Waals surface area (Å²) in [5.74, 6) is 0.417. The molecule has 1 aliphatic rings. The number of aliphatic hydroxyl groups is 1. The van der Waals surface area contributed by atoms with Gasteiger partial charge in [0.2, 0.25) is 0 Å². The number of fused-ring (bicyclic) bond motifs is 1. The lowest BCUT2D eigenvalue weighted by molar-refractivity contribution is -0.143. The Morgan fingerprint density at radius 3 is 2.51 bits per heavy atom. The third-order valence-electron chi connectivity index (χ3n) is 7.15. The zero-order valence-corrected chi connectivity index (χ0v) is 23.7. The van der Waals surface area contributed by atoms with Crippen LogP contribution in [0.25, 0.3) is 0 Å². The van der Waals surface area contributed by atoms with Crippen LogP contribution in [0.4, 0.5) is 0 Å². The fourth-order valence-corrected chi connectivity index (χ4v) is 5.60. The van der Waals surface area contributed by atoms with Gasteiger partial charge in [0.25, 0.3) is 0 Å². The van der Waals surface area contributed by atoms with E-state index in [-0.39, 0.29) is 24.2 Å². The number of hydrogen-bond acceptors (Lipinski definition) is 5. The summed E-state index contributed by atoms with van der Waals surface area (Å²) in [6.07, 6.45) is 5.11. The van der Waals surface area contributed by atoms with Crippen molar-refractivity contribution in [2.75, 3.05) is 19.8 Å². The zero-order chi connectivity index (χ0) is 26.8. The summed E-state index contributed by atoms with van der Waals surface area (Å²) in [6.45, 7) is 9.43. The Morgan fingerprint density at radius 2 is 1.86 bits per heavy atom. The van der Waals surface area contributed by atoms with Gasteiger partial charge in [-0.25, -0.2) is 0 Å². The summed E-state index contributed by atoms with van der Waals surface area (Å²) in [4.78, 5) is 11.9. The number of esters is 1. The van der Waals surface area contributed by atoms with E-state index < -0.39 is 6.10 Å². The largest absolute Gasteiger partial charge is 0.466 e. The Balaban J connectivity index is 1.52. The summed E-state index contributed by atoms with van der Waals surface area (Å²) in [5, 5.41) is 15.0. The van der Waals surface area contributed by atoms with Crippen LogP contribution < -0.4 is 5.32 Å². The van der Waals surface area contributed by atoms with Crippen molar-refractivity contribution >= 4 is 17.6 Å². The molecule has 0 radical (unpaired) electrons. The third kappa shape index (κ3) is 9.40. The Kier molecular flexibility index (Phi) is 11.4. The molecule has 0 amide bonds. The molecule has 0 saturated heterocycles. The molecule has 0 aliphatic heterocycles. The Labute approximate surface area is 227 Å². The topological polar surface area (TPSA) is 67.8 Å². The highest BCUT2D eigenvalue weighted by molar-refractivity contribution is 6.30. The molecule has 204 valence electrons. The van der Waals surface area contributed by atoms with Gasteiger partial charge in [0.05, 0.1) is 25.4 Å². The van der Waals surface area contributed by atoms with Gasteiger partial charge in [-0.15, -0.1) is 0 Å². The summed E-state index contributed by atoms with van der Waals surface area (Å²) in [7, 11) is 0. The van der Waals surface area contributed by atoms with E-state index in [2.05, 4.69) is 50.4 Å². The van der Waals surface area contributed by atoms with E-state index in [4.69, 9.17) is 21.1 Å². The van der Waals surface area contributed by atoms with Gasteiger partial charge in [0.15, 0.2) is 0 Å². The van der Waals surface area contributed by atoms with Crippen molar-refractivity contribution in [2.24, 2.45) is 5.92 Å². The molecule has 6 heteroatoms. The number of aryl methyl sites for hydroxylation is 1. The molecule has 0 bridgehead atoms. The van der Waals surface area contributed by atoms with E-state index in [1.54, 1.807) is 0 Å². The van der Waals surface area contributed by atoms with Crippen molar-refractivity contribution in [3.63, 3.8) is 0 Å². The van der Waals surface area contributed by atoms with Crippen LogP contribution in [0.3, 0.4) is 0 Å². The van der Waals surface area contributed by atoms with Gasteiger partial charge in [-0.05, 0) is 93.2 Å². The molecule has 0 saturated carbocycles. The first-order valence-corrected chi connectivity index (χ1v) is 14.1. The summed E-state index contributed by atoms with van der Waals surface area (Å²) in [6, 6.07) is 14.5. The Bertz CT molecular complexity index is 983. The number of benzene rings is 2. The van der Waals surface area contributed by atoms with Crippen LogP contribution in [-0.4, -0.2) is 42.5 Å². The summed E-state index contributed by atoms with van der Waals surface area (Å²) in [5.41, 5.74) is 4.88. The monoisotopic (exact) mass is 529 g/mol. The minimum Gasteiger partial charge on any atom is -0.466 e. The highest BCUT2D eigenvalue weighted by Gasteiger charge is 2.28. The molecule has 2 N–H and O–H groups in total. The van der Waals surface area contributed by atoms with Crippen molar-refractivity contribution < 1.29 is 19.4 Å². The average molecular weight is 530 g/mol. The Morgan fingerprint density at radius 1 is 1.16 bits per heavy atom. The van der Waals surface area contributed by atoms with Crippen molar-refractivity contribution in [3.8, 4) is 0 Å². The van der Waals surface area contributed by atoms with Crippen LogP contribution in [0.2, 0.25) is 5.02 Å². The van der Waals surface area contributed by atoms with Crippen LogP contribution in [0.1, 0.15) is 81.7 Å². The van der Waals surface area contributed by atoms with Gasteiger partial charge >= 0.3 is 5.97 Å². The van der Waals surface area contributed by atoms with E-state index in [1.807, 2.05) is 25.1 Å². The molecule has 0 unspecified atom stereocenters. The van der Waals surface area contributed by atoms with Gasteiger partial charge in [0.1, 0.15) is 0 Å². The number of ether oxygens (including phenoxy) is 2. The van der Waals surface area contributed by atoms with Crippen LogP contribution in [-0.2, 0) is 33.5 Å². The summed E-state index contributed by atoms with van der Waals surface area (Å²) < 4.78 is 11.3. The third-order valence-corrected chi connectivity index (χ3v) is 7.39. The van der Waals surface area contributed by atoms with Crippen LogP contribution >= 0.6 is 11.6 Å². The van der Waals surface area contributed by atoms with E-state index in [9.17, 15) is 9.90 Å². The van der Waals surface area contributed by atoms with Crippen molar-refractivity contribution in [2.45, 2.75) is 90.4 Å². The van der Waals surface area contributed by atoms with Gasteiger partial charge in [-0.2, -0.15) is 0 Å². The van der Waals surface area contributed by atoms with Gasteiger partial charge in [0, 0.05) is 23.5 Å². The fourth-order valence-electron chi connectivity index (χ4n) is 5.42. The molecule has 3 rings (SSSR count). The number of β-amino-alcohol motifs (C(OH)–C–C–N with tert-alkyl or cyclic N) is 1. The second kappa shape index (κ2) is 14.3. The van der Waals surface area contributed by atoms with Crippen molar-refractivity contribution in [1.82, 2.24) is 5.32 Å². The lowest BCUT2D eigenvalue weighted by atomic mass is 9.88. The number of nitrogens with one attached hydrogen (secondary N) is 1. The average Bonchev–Trinajstić information content (AvgIpc) is 3.26. The lowest BCUT2D eigenvalue weighted by Gasteiger charge is -2.31. The SMILES string of the molecule is CCC[C@@H](OC[C@H](O)CNC(C)(C)CC1Cc2ccccc2C1)c1cc(Cl)ccc1CCC(=O)OCC. The minimum absolute atomic E-state index is 0.0796. The highest BCUT2D eigenvalue weighted by Crippen LogP contribution is 2.32. The number of halogens is 1. The minimum atomic E-state index is -0.624. The van der Waals surface area contributed by atoms with Gasteiger partial charge < -0.3 is 19.9 Å². The maximum absolute atomic E-state index is 11.9. The highest BCUT2D eigenvalue weighted by atomic mass is 35.5. The van der Waals surface area contributed by atoms with Crippen molar-refractivity contribution in [1.29, 1.82) is 0 Å². The normalized spacial score (nSPS) is 15.4.